The summed E-state index contributed by atoms with van der Waals surface area (Å²) in [6, 6.07) is -0.289. The van der Waals surface area contributed by atoms with Crippen LogP contribution >= 0.6 is 0 Å². The molecule has 3 N–H and O–H groups in total. The van der Waals surface area contributed by atoms with Crippen LogP contribution in [0.2, 0.25) is 0 Å². The van der Waals surface area contributed by atoms with Crippen LogP contribution < -0.4 is 16.0 Å². The Labute approximate surface area is 121 Å². The fraction of sp³-hybridized carbons (Fsp3) is 0.857. The number of carbonyl (C=O) groups is 2. The van der Waals surface area contributed by atoms with E-state index in [9.17, 15) is 9.59 Å². The molecule has 1 saturated heterocycles. The molecule has 1 fully saturated rings. The van der Waals surface area contributed by atoms with Crippen LogP contribution in [0, 0.1) is 0 Å². The molecule has 0 amide bonds. The molecule has 0 saturated carbocycles. The quantitative estimate of drug-likeness (QED) is 0.464. The minimum atomic E-state index is -1.34. The summed E-state index contributed by atoms with van der Waals surface area (Å²) in [7, 11) is 3.33. The SMILES string of the molecule is CNCC(NC)(C(=O)OC(C)(C)C)C(=O)[C@@H]1CCCN1. The van der Waals surface area contributed by atoms with Crippen LogP contribution in [0.3, 0.4) is 0 Å². The number of ether oxygens (including phenoxy) is 1. The van der Waals surface area contributed by atoms with Crippen LogP contribution in [0.25, 0.3) is 0 Å². The van der Waals surface area contributed by atoms with Crippen molar-refractivity contribution in [2.45, 2.75) is 50.8 Å². The normalized spacial score (nSPS) is 22.4. The first-order valence-electron chi connectivity index (χ1n) is 7.11. The second-order valence-electron chi connectivity index (χ2n) is 6.20. The highest BCUT2D eigenvalue weighted by molar-refractivity contribution is 6.11. The molecule has 1 unspecified atom stereocenters. The number of Topliss-reactive ketones (excluding diaryl/α,β-unsaturated/α-hetero) is 1. The molecule has 1 aliphatic rings. The lowest BCUT2D eigenvalue weighted by atomic mass is 9.88. The number of rotatable bonds is 6. The van der Waals surface area contributed by atoms with E-state index in [0.717, 1.165) is 19.4 Å². The van der Waals surface area contributed by atoms with Gasteiger partial charge in [-0.25, -0.2) is 4.79 Å². The monoisotopic (exact) mass is 285 g/mol. The minimum absolute atomic E-state index is 0.152. The molecule has 116 valence electrons. The van der Waals surface area contributed by atoms with Crippen LogP contribution in [0.5, 0.6) is 0 Å². The molecule has 0 aromatic rings. The topological polar surface area (TPSA) is 79.5 Å². The molecule has 1 heterocycles. The van der Waals surface area contributed by atoms with E-state index in [0.29, 0.717) is 0 Å². The van der Waals surface area contributed by atoms with E-state index < -0.39 is 17.1 Å². The Bertz CT molecular complexity index is 359. The zero-order valence-corrected chi connectivity index (χ0v) is 13.1. The number of carbonyl (C=O) groups excluding carboxylic acids is 2. The largest absolute Gasteiger partial charge is 0.458 e. The van der Waals surface area contributed by atoms with E-state index in [1.165, 1.54) is 0 Å². The molecule has 0 aromatic carbocycles. The molecule has 0 aliphatic carbocycles. The van der Waals surface area contributed by atoms with Gasteiger partial charge in [-0.05, 0) is 54.3 Å². The van der Waals surface area contributed by atoms with Gasteiger partial charge in [-0.1, -0.05) is 0 Å². The fourth-order valence-electron chi connectivity index (χ4n) is 2.41. The van der Waals surface area contributed by atoms with Gasteiger partial charge in [0.25, 0.3) is 0 Å². The summed E-state index contributed by atoms with van der Waals surface area (Å²) in [5, 5.41) is 8.95. The Hall–Kier alpha value is -0.980. The lowest BCUT2D eigenvalue weighted by molar-refractivity contribution is -0.165. The second-order valence-corrected chi connectivity index (χ2v) is 6.20. The van der Waals surface area contributed by atoms with E-state index in [4.69, 9.17) is 4.74 Å². The Kier molecular flexibility index (Phi) is 5.68. The zero-order valence-electron chi connectivity index (χ0n) is 13.1. The van der Waals surface area contributed by atoms with Gasteiger partial charge in [0, 0.05) is 6.54 Å². The van der Waals surface area contributed by atoms with Crippen molar-refractivity contribution in [2.75, 3.05) is 27.2 Å². The van der Waals surface area contributed by atoms with Crippen LogP contribution in [-0.4, -0.2) is 56.1 Å². The number of hydrogen-bond acceptors (Lipinski definition) is 6. The highest BCUT2D eigenvalue weighted by atomic mass is 16.6. The fourth-order valence-corrected chi connectivity index (χ4v) is 2.41. The van der Waals surface area contributed by atoms with Crippen LogP contribution in [0.4, 0.5) is 0 Å². The first-order valence-corrected chi connectivity index (χ1v) is 7.11. The Balaban J connectivity index is 3.00. The third-order valence-corrected chi connectivity index (χ3v) is 3.41. The minimum Gasteiger partial charge on any atom is -0.458 e. The van der Waals surface area contributed by atoms with Crippen molar-refractivity contribution in [1.29, 1.82) is 0 Å². The van der Waals surface area contributed by atoms with Crippen molar-refractivity contribution in [3.63, 3.8) is 0 Å². The average molecular weight is 285 g/mol. The van der Waals surface area contributed by atoms with Crippen LogP contribution in [0.1, 0.15) is 33.6 Å². The van der Waals surface area contributed by atoms with Crippen molar-refractivity contribution in [3.8, 4) is 0 Å². The zero-order chi connectivity index (χ0) is 15.4. The third kappa shape index (κ3) is 3.77. The van der Waals surface area contributed by atoms with Crippen molar-refractivity contribution in [1.82, 2.24) is 16.0 Å². The molecular formula is C14H27N3O3. The smallest absolute Gasteiger partial charge is 0.336 e. The summed E-state index contributed by atoms with van der Waals surface area (Å²) >= 11 is 0. The van der Waals surface area contributed by atoms with Crippen molar-refractivity contribution < 1.29 is 14.3 Å². The number of esters is 1. The van der Waals surface area contributed by atoms with Gasteiger partial charge in [-0.2, -0.15) is 0 Å². The highest BCUT2D eigenvalue weighted by Crippen LogP contribution is 2.20. The third-order valence-electron chi connectivity index (χ3n) is 3.41. The Morgan fingerprint density at radius 1 is 1.30 bits per heavy atom. The summed E-state index contributed by atoms with van der Waals surface area (Å²) in [6.07, 6.45) is 1.71. The first-order chi connectivity index (χ1) is 9.27. The summed E-state index contributed by atoms with van der Waals surface area (Å²) in [5.41, 5.74) is -1.97. The van der Waals surface area contributed by atoms with Gasteiger partial charge in [0.2, 0.25) is 0 Å². The molecule has 6 heteroatoms. The predicted octanol–water partition coefficient (Wildman–Crippen LogP) is -0.173. The molecular weight excluding hydrogens is 258 g/mol. The van der Waals surface area contributed by atoms with E-state index >= 15 is 0 Å². The standard InChI is InChI=1S/C14H27N3O3/c1-13(2,3)20-12(19)14(16-5,9-15-4)11(18)10-7-6-8-17-10/h10,15-17H,6-9H2,1-5H3/t10-,14?/m0/s1. The van der Waals surface area contributed by atoms with Gasteiger partial charge in [0.1, 0.15) is 5.60 Å². The maximum absolute atomic E-state index is 12.7. The average Bonchev–Trinajstić information content (AvgIpc) is 2.86. The first kappa shape index (κ1) is 17.1. The van der Waals surface area contributed by atoms with Gasteiger partial charge in [0.05, 0.1) is 6.04 Å². The molecule has 1 rings (SSSR count). The summed E-state index contributed by atoms with van der Waals surface area (Å²) in [4.78, 5) is 25.3. The van der Waals surface area contributed by atoms with Gasteiger partial charge in [-0.3, -0.25) is 10.1 Å². The number of likely N-dealkylation sites (N-methyl/N-ethyl adjacent to an activating group) is 2. The van der Waals surface area contributed by atoms with Crippen LogP contribution in [0.15, 0.2) is 0 Å². The van der Waals surface area contributed by atoms with Crippen molar-refractivity contribution >= 4 is 11.8 Å². The van der Waals surface area contributed by atoms with E-state index in [1.807, 2.05) is 0 Å². The molecule has 0 bridgehead atoms. The lowest BCUT2D eigenvalue weighted by Gasteiger charge is -2.34. The second kappa shape index (κ2) is 6.65. The van der Waals surface area contributed by atoms with Gasteiger partial charge in [0.15, 0.2) is 11.3 Å². The Morgan fingerprint density at radius 3 is 2.35 bits per heavy atom. The molecule has 20 heavy (non-hydrogen) atoms. The number of nitrogens with one attached hydrogen (secondary N) is 3. The van der Waals surface area contributed by atoms with E-state index in [-0.39, 0.29) is 18.4 Å². The predicted molar refractivity (Wildman–Crippen MR) is 77.6 cm³/mol. The molecule has 1 aliphatic heterocycles. The van der Waals surface area contributed by atoms with Gasteiger partial charge < -0.3 is 15.4 Å². The molecule has 6 nitrogen and oxygen atoms in total. The maximum atomic E-state index is 12.7. The highest BCUT2D eigenvalue weighted by Gasteiger charge is 2.49. The summed E-state index contributed by atoms with van der Waals surface area (Å²) < 4.78 is 5.44. The maximum Gasteiger partial charge on any atom is 0.336 e. The van der Waals surface area contributed by atoms with Crippen LogP contribution in [-0.2, 0) is 14.3 Å². The summed E-state index contributed by atoms with van der Waals surface area (Å²) in [6.45, 7) is 6.40. The Morgan fingerprint density at radius 2 is 1.95 bits per heavy atom. The van der Waals surface area contributed by atoms with Gasteiger partial charge in [-0.15, -0.1) is 0 Å². The van der Waals surface area contributed by atoms with E-state index in [1.54, 1.807) is 34.9 Å². The number of ketones is 1. The van der Waals surface area contributed by atoms with Gasteiger partial charge >= 0.3 is 5.97 Å². The molecule has 0 radical (unpaired) electrons. The van der Waals surface area contributed by atoms with Crippen molar-refractivity contribution in [2.24, 2.45) is 0 Å². The molecule has 0 aromatic heterocycles. The molecule has 0 spiro atoms. The molecule has 2 atom stereocenters. The lowest BCUT2D eigenvalue weighted by Crippen LogP contribution is -2.67. The summed E-state index contributed by atoms with van der Waals surface area (Å²) in [5.74, 6) is -0.679. The van der Waals surface area contributed by atoms with Crippen molar-refractivity contribution in [3.05, 3.63) is 0 Å². The number of hydrogen-bond donors (Lipinski definition) is 3. The van der Waals surface area contributed by atoms with E-state index in [2.05, 4.69) is 16.0 Å².